The molecule has 0 saturated carbocycles. The quantitative estimate of drug-likeness (QED) is 0.872. The molecule has 0 saturated heterocycles. The number of amidine groups is 1. The van der Waals surface area contributed by atoms with Crippen LogP contribution >= 0.6 is 11.8 Å². The Bertz CT molecular complexity index is 428. The molecule has 2 rings (SSSR count). The van der Waals surface area contributed by atoms with Gasteiger partial charge in [-0.3, -0.25) is 4.99 Å². The third-order valence-electron chi connectivity index (χ3n) is 2.50. The summed E-state index contributed by atoms with van der Waals surface area (Å²) in [5.41, 5.74) is 1.33. The Morgan fingerprint density at radius 3 is 2.94 bits per heavy atom. The van der Waals surface area contributed by atoms with Gasteiger partial charge in [0, 0.05) is 18.5 Å². The molecule has 1 aromatic rings. The lowest BCUT2D eigenvalue weighted by molar-refractivity contribution is 0.436. The SMILES string of the molecule is Cc1nccc(CNC2=NCC(C)(C)CS2)n1. The fourth-order valence-corrected chi connectivity index (χ4v) is 2.47. The first kappa shape index (κ1) is 12.4. The first-order valence-electron chi connectivity index (χ1n) is 5.75. The van der Waals surface area contributed by atoms with Gasteiger partial charge in [-0.15, -0.1) is 0 Å². The minimum absolute atomic E-state index is 0.321. The molecular formula is C12H18N4S. The number of thioether (sulfide) groups is 1. The third-order valence-corrected chi connectivity index (χ3v) is 3.98. The van der Waals surface area contributed by atoms with E-state index in [0.717, 1.165) is 35.5 Å². The van der Waals surface area contributed by atoms with Crippen LogP contribution in [0.25, 0.3) is 0 Å². The van der Waals surface area contributed by atoms with Crippen LogP contribution in [0.3, 0.4) is 0 Å². The van der Waals surface area contributed by atoms with Crippen molar-refractivity contribution in [2.75, 3.05) is 12.3 Å². The molecule has 0 bridgehead atoms. The summed E-state index contributed by atoms with van der Waals surface area (Å²) in [6.07, 6.45) is 1.79. The first-order chi connectivity index (χ1) is 8.05. The van der Waals surface area contributed by atoms with E-state index in [1.165, 1.54) is 0 Å². The number of hydrogen-bond donors (Lipinski definition) is 1. The van der Waals surface area contributed by atoms with Crippen molar-refractivity contribution in [3.8, 4) is 0 Å². The molecule has 92 valence electrons. The zero-order valence-corrected chi connectivity index (χ0v) is 11.3. The predicted octanol–water partition coefficient (Wildman–Crippen LogP) is 2.00. The van der Waals surface area contributed by atoms with Gasteiger partial charge < -0.3 is 5.32 Å². The average molecular weight is 250 g/mol. The van der Waals surface area contributed by atoms with E-state index in [4.69, 9.17) is 0 Å². The zero-order chi connectivity index (χ0) is 12.3. The van der Waals surface area contributed by atoms with Gasteiger partial charge in [0.05, 0.1) is 12.2 Å². The minimum Gasteiger partial charge on any atom is -0.359 e. The highest BCUT2D eigenvalue weighted by Crippen LogP contribution is 2.26. The van der Waals surface area contributed by atoms with Crippen molar-refractivity contribution in [3.63, 3.8) is 0 Å². The molecule has 0 aromatic carbocycles. The van der Waals surface area contributed by atoms with Gasteiger partial charge in [0.2, 0.25) is 0 Å². The summed E-state index contributed by atoms with van der Waals surface area (Å²) in [6.45, 7) is 8.00. The van der Waals surface area contributed by atoms with Crippen LogP contribution in [0.2, 0.25) is 0 Å². The van der Waals surface area contributed by atoms with Gasteiger partial charge in [-0.1, -0.05) is 25.6 Å². The second kappa shape index (κ2) is 5.04. The summed E-state index contributed by atoms with van der Waals surface area (Å²) in [5.74, 6) is 1.92. The maximum atomic E-state index is 4.54. The Labute approximate surface area is 106 Å². The Balaban J connectivity index is 1.89. The molecule has 0 amide bonds. The van der Waals surface area contributed by atoms with Crippen LogP contribution in [0.15, 0.2) is 17.3 Å². The zero-order valence-electron chi connectivity index (χ0n) is 10.5. The van der Waals surface area contributed by atoms with Crippen LogP contribution < -0.4 is 5.32 Å². The van der Waals surface area contributed by atoms with Gasteiger partial charge in [0.1, 0.15) is 5.82 Å². The third kappa shape index (κ3) is 3.70. The number of nitrogens with zero attached hydrogens (tertiary/aromatic N) is 3. The molecule has 0 fully saturated rings. The van der Waals surface area contributed by atoms with Crippen LogP contribution in [-0.2, 0) is 6.54 Å². The average Bonchev–Trinajstić information content (AvgIpc) is 2.28. The highest BCUT2D eigenvalue weighted by molar-refractivity contribution is 8.13. The molecule has 0 spiro atoms. The normalized spacial score (nSPS) is 18.6. The Hall–Kier alpha value is -1.10. The molecule has 2 heterocycles. The van der Waals surface area contributed by atoms with Crippen LogP contribution in [0, 0.1) is 12.3 Å². The van der Waals surface area contributed by atoms with E-state index in [1.54, 1.807) is 18.0 Å². The summed E-state index contributed by atoms with van der Waals surface area (Å²) >= 11 is 1.79. The van der Waals surface area contributed by atoms with Gasteiger partial charge >= 0.3 is 0 Å². The second-order valence-corrected chi connectivity index (χ2v) is 5.99. The summed E-state index contributed by atoms with van der Waals surface area (Å²) in [6, 6.07) is 1.93. The maximum absolute atomic E-state index is 4.54. The molecule has 4 nitrogen and oxygen atoms in total. The van der Waals surface area contributed by atoms with Gasteiger partial charge in [-0.2, -0.15) is 0 Å². The number of aryl methyl sites for hydroxylation is 1. The maximum Gasteiger partial charge on any atom is 0.156 e. The summed E-state index contributed by atoms with van der Waals surface area (Å²) in [4.78, 5) is 13.0. The first-order valence-corrected chi connectivity index (χ1v) is 6.73. The molecule has 1 N–H and O–H groups in total. The van der Waals surface area contributed by atoms with Gasteiger partial charge in [-0.25, -0.2) is 9.97 Å². The van der Waals surface area contributed by atoms with E-state index in [0.29, 0.717) is 5.41 Å². The number of nitrogens with one attached hydrogen (secondary N) is 1. The van der Waals surface area contributed by atoms with Gasteiger partial charge in [0.25, 0.3) is 0 Å². The molecule has 0 unspecified atom stereocenters. The van der Waals surface area contributed by atoms with Crippen molar-refractivity contribution in [1.29, 1.82) is 0 Å². The van der Waals surface area contributed by atoms with Gasteiger partial charge in [-0.05, 0) is 18.4 Å². The van der Waals surface area contributed by atoms with Crippen molar-refractivity contribution in [3.05, 3.63) is 23.8 Å². The number of aliphatic imine (C=N–C) groups is 1. The van der Waals surface area contributed by atoms with E-state index in [2.05, 4.69) is 34.1 Å². The lowest BCUT2D eigenvalue weighted by atomic mass is 9.97. The monoisotopic (exact) mass is 250 g/mol. The van der Waals surface area contributed by atoms with Crippen LogP contribution in [0.1, 0.15) is 25.4 Å². The predicted molar refractivity (Wildman–Crippen MR) is 72.1 cm³/mol. The fraction of sp³-hybridized carbons (Fsp3) is 0.583. The van der Waals surface area contributed by atoms with E-state index in [1.807, 2.05) is 13.0 Å². The highest BCUT2D eigenvalue weighted by Gasteiger charge is 2.23. The molecule has 17 heavy (non-hydrogen) atoms. The lowest BCUT2D eigenvalue weighted by Crippen LogP contribution is -2.31. The van der Waals surface area contributed by atoms with Crippen LogP contribution in [0.5, 0.6) is 0 Å². The van der Waals surface area contributed by atoms with E-state index in [-0.39, 0.29) is 0 Å². The van der Waals surface area contributed by atoms with Crippen molar-refractivity contribution in [2.24, 2.45) is 10.4 Å². The Kier molecular flexibility index (Phi) is 3.66. The second-order valence-electron chi connectivity index (χ2n) is 5.02. The van der Waals surface area contributed by atoms with Crippen molar-refractivity contribution < 1.29 is 0 Å². The summed E-state index contributed by atoms with van der Waals surface area (Å²) in [5, 5.41) is 4.35. The van der Waals surface area contributed by atoms with Crippen LogP contribution in [-0.4, -0.2) is 27.4 Å². The highest BCUT2D eigenvalue weighted by atomic mass is 32.2. The standard InChI is InChI=1S/C12H18N4S/c1-9-13-5-4-10(16-9)6-14-11-15-7-12(2,3)8-17-11/h4-5H,6-8H2,1-3H3,(H,14,15). The van der Waals surface area contributed by atoms with E-state index in [9.17, 15) is 0 Å². The topological polar surface area (TPSA) is 50.2 Å². The van der Waals surface area contributed by atoms with E-state index < -0.39 is 0 Å². The molecule has 0 radical (unpaired) electrons. The van der Waals surface area contributed by atoms with Crippen molar-refractivity contribution in [2.45, 2.75) is 27.3 Å². The molecule has 5 heteroatoms. The fourth-order valence-electron chi connectivity index (χ4n) is 1.52. The van der Waals surface area contributed by atoms with E-state index >= 15 is 0 Å². The molecule has 0 aliphatic carbocycles. The number of aromatic nitrogens is 2. The minimum atomic E-state index is 0.321. The van der Waals surface area contributed by atoms with Crippen LogP contribution in [0.4, 0.5) is 0 Å². The van der Waals surface area contributed by atoms with Gasteiger partial charge in [0.15, 0.2) is 5.17 Å². The Morgan fingerprint density at radius 2 is 2.29 bits per heavy atom. The smallest absolute Gasteiger partial charge is 0.156 e. The number of rotatable bonds is 2. The lowest BCUT2D eigenvalue weighted by Gasteiger charge is -2.27. The summed E-state index contributed by atoms with van der Waals surface area (Å²) < 4.78 is 0. The Morgan fingerprint density at radius 1 is 1.47 bits per heavy atom. The molecular weight excluding hydrogens is 232 g/mol. The van der Waals surface area contributed by atoms with Crippen molar-refractivity contribution in [1.82, 2.24) is 15.3 Å². The number of hydrogen-bond acceptors (Lipinski definition) is 5. The molecule has 1 aliphatic rings. The molecule has 0 atom stereocenters. The largest absolute Gasteiger partial charge is 0.359 e. The molecule has 1 aliphatic heterocycles. The van der Waals surface area contributed by atoms with Crippen molar-refractivity contribution >= 4 is 16.9 Å². The molecule has 1 aromatic heterocycles. The summed E-state index contributed by atoms with van der Waals surface area (Å²) in [7, 11) is 0.